The molecule has 1 aliphatic carbocycles. The van der Waals surface area contributed by atoms with Crippen molar-refractivity contribution in [2.24, 2.45) is 16.0 Å². The Morgan fingerprint density at radius 1 is 1.33 bits per heavy atom. The second-order valence-corrected chi connectivity index (χ2v) is 8.62. The zero-order valence-corrected chi connectivity index (χ0v) is 15.9. The average Bonchev–Trinajstić information content (AvgIpc) is 3.20. The molecule has 8 heteroatoms. The van der Waals surface area contributed by atoms with Crippen LogP contribution in [0, 0.1) is 22.2 Å². The SMILES string of the molecule is CC12CCC(C(=O)O/N=C(\C#N)c3nc4ccccc4s3)(OC1=O)C2(C)C. The molecule has 0 spiro atoms. The van der Waals surface area contributed by atoms with Crippen molar-refractivity contribution in [1.82, 2.24) is 4.98 Å². The molecule has 7 nitrogen and oxygen atoms in total. The summed E-state index contributed by atoms with van der Waals surface area (Å²) in [5.74, 6) is -1.15. The van der Waals surface area contributed by atoms with Crippen LogP contribution in [0.25, 0.3) is 10.2 Å². The van der Waals surface area contributed by atoms with Crippen molar-refractivity contribution in [3.05, 3.63) is 29.3 Å². The van der Waals surface area contributed by atoms with Gasteiger partial charge in [0, 0.05) is 5.41 Å². The van der Waals surface area contributed by atoms with Crippen LogP contribution >= 0.6 is 11.3 Å². The predicted octanol–water partition coefficient (Wildman–Crippen LogP) is 3.19. The topological polar surface area (TPSA) is 102 Å². The summed E-state index contributed by atoms with van der Waals surface area (Å²) in [4.78, 5) is 34.5. The number of rotatable bonds is 3. The summed E-state index contributed by atoms with van der Waals surface area (Å²) in [7, 11) is 0. The normalized spacial score (nSPS) is 28.8. The molecule has 0 amide bonds. The lowest BCUT2D eigenvalue weighted by molar-refractivity contribution is -0.183. The quantitative estimate of drug-likeness (QED) is 0.349. The fraction of sp³-hybridized carbons (Fsp3) is 0.421. The van der Waals surface area contributed by atoms with E-state index in [1.54, 1.807) is 0 Å². The number of hydrogen-bond donors (Lipinski definition) is 0. The highest BCUT2D eigenvalue weighted by Crippen LogP contribution is 2.65. The van der Waals surface area contributed by atoms with Gasteiger partial charge in [0.1, 0.15) is 6.07 Å². The van der Waals surface area contributed by atoms with E-state index in [2.05, 4.69) is 10.1 Å². The number of hydrogen-bond acceptors (Lipinski definition) is 8. The molecule has 2 aromatic rings. The summed E-state index contributed by atoms with van der Waals surface area (Å²) >= 11 is 1.29. The number of ether oxygens (including phenoxy) is 1. The van der Waals surface area contributed by atoms with Crippen molar-refractivity contribution in [3.8, 4) is 6.07 Å². The van der Waals surface area contributed by atoms with E-state index in [9.17, 15) is 14.9 Å². The first-order valence-electron chi connectivity index (χ1n) is 8.54. The van der Waals surface area contributed by atoms with E-state index < -0.39 is 28.4 Å². The van der Waals surface area contributed by atoms with Crippen molar-refractivity contribution in [2.75, 3.05) is 0 Å². The molecule has 27 heavy (non-hydrogen) atoms. The zero-order valence-electron chi connectivity index (χ0n) is 15.1. The zero-order chi connectivity index (χ0) is 19.4. The van der Waals surface area contributed by atoms with Crippen LogP contribution in [0.1, 0.15) is 38.6 Å². The Kier molecular flexibility index (Phi) is 3.65. The number of para-hydroxylation sites is 1. The summed E-state index contributed by atoms with van der Waals surface area (Å²) in [5.41, 5.74) is -2.20. The third kappa shape index (κ3) is 2.18. The molecule has 4 rings (SSSR count). The lowest BCUT2D eigenvalue weighted by Crippen LogP contribution is -2.48. The maximum atomic E-state index is 12.8. The van der Waals surface area contributed by atoms with E-state index in [0.717, 1.165) is 10.2 Å². The van der Waals surface area contributed by atoms with Gasteiger partial charge in [-0.3, -0.25) is 4.79 Å². The molecule has 0 N–H and O–H groups in total. The van der Waals surface area contributed by atoms with Gasteiger partial charge >= 0.3 is 11.9 Å². The third-order valence-corrected chi connectivity index (χ3v) is 7.28. The molecule has 2 atom stereocenters. The summed E-state index contributed by atoms with van der Waals surface area (Å²) < 4.78 is 6.37. The summed E-state index contributed by atoms with van der Waals surface area (Å²) in [5, 5.41) is 13.5. The molecule has 2 bridgehead atoms. The van der Waals surface area contributed by atoms with Gasteiger partial charge in [-0.25, -0.2) is 9.78 Å². The Labute approximate surface area is 159 Å². The van der Waals surface area contributed by atoms with Gasteiger partial charge in [-0.15, -0.1) is 11.3 Å². The lowest BCUT2D eigenvalue weighted by Gasteiger charge is -2.33. The molecule has 1 saturated carbocycles. The molecule has 2 heterocycles. The van der Waals surface area contributed by atoms with Crippen LogP contribution in [-0.2, 0) is 19.2 Å². The number of carbonyl (C=O) groups excluding carboxylic acids is 2. The molecule has 1 saturated heterocycles. The second-order valence-electron chi connectivity index (χ2n) is 7.59. The van der Waals surface area contributed by atoms with Gasteiger partial charge in [-0.2, -0.15) is 5.26 Å². The Balaban J connectivity index is 1.63. The monoisotopic (exact) mass is 383 g/mol. The second kappa shape index (κ2) is 5.60. The van der Waals surface area contributed by atoms with Crippen molar-refractivity contribution < 1.29 is 19.2 Å². The number of esters is 1. The van der Waals surface area contributed by atoms with Crippen LogP contribution in [-0.4, -0.2) is 28.2 Å². The first kappa shape index (κ1) is 17.6. The molecule has 0 radical (unpaired) electrons. The van der Waals surface area contributed by atoms with Crippen molar-refractivity contribution in [3.63, 3.8) is 0 Å². The summed E-state index contributed by atoms with van der Waals surface area (Å²) in [6.07, 6.45) is 0.917. The minimum absolute atomic E-state index is 0.0937. The van der Waals surface area contributed by atoms with Crippen LogP contribution < -0.4 is 0 Å². The van der Waals surface area contributed by atoms with E-state index in [1.165, 1.54) is 11.3 Å². The molecule has 1 aromatic carbocycles. The number of benzene rings is 1. The molecule has 1 aromatic heterocycles. The highest BCUT2D eigenvalue weighted by molar-refractivity contribution is 7.20. The van der Waals surface area contributed by atoms with Gasteiger partial charge in [-0.1, -0.05) is 31.1 Å². The number of aromatic nitrogens is 1. The van der Waals surface area contributed by atoms with Crippen LogP contribution in [0.4, 0.5) is 0 Å². The lowest BCUT2D eigenvalue weighted by atomic mass is 9.66. The molecular weight excluding hydrogens is 366 g/mol. The van der Waals surface area contributed by atoms with E-state index in [-0.39, 0.29) is 5.71 Å². The first-order valence-corrected chi connectivity index (χ1v) is 9.36. The fourth-order valence-corrected chi connectivity index (χ4v) is 4.84. The van der Waals surface area contributed by atoms with Crippen molar-refractivity contribution >= 4 is 39.2 Å². The van der Waals surface area contributed by atoms with Gasteiger partial charge in [0.2, 0.25) is 11.3 Å². The highest BCUT2D eigenvalue weighted by atomic mass is 32.1. The molecule has 1 aliphatic heterocycles. The predicted molar refractivity (Wildman–Crippen MR) is 97.8 cm³/mol. The van der Waals surface area contributed by atoms with Crippen LogP contribution in [0.5, 0.6) is 0 Å². The van der Waals surface area contributed by atoms with Crippen LogP contribution in [0.15, 0.2) is 29.4 Å². The van der Waals surface area contributed by atoms with Gasteiger partial charge in [0.25, 0.3) is 0 Å². The largest absolute Gasteiger partial charge is 0.446 e. The Morgan fingerprint density at radius 3 is 2.67 bits per heavy atom. The fourth-order valence-electron chi connectivity index (χ4n) is 3.94. The Bertz CT molecular complexity index is 1020. The standard InChI is InChI=1S/C19H17N3O4S/c1-17(2)18(3)8-9-19(17,25-15(18)23)16(24)26-22-12(10-20)14-21-11-6-4-5-7-13(11)27-14/h4-7H,8-9H2,1-3H3/b22-12+. The van der Waals surface area contributed by atoms with E-state index in [4.69, 9.17) is 9.57 Å². The first-order chi connectivity index (χ1) is 12.7. The average molecular weight is 383 g/mol. The number of nitrogens with zero attached hydrogens (tertiary/aromatic N) is 3. The van der Waals surface area contributed by atoms with Gasteiger partial charge in [0.15, 0.2) is 5.01 Å². The number of fused-ring (bicyclic) bond motifs is 3. The maximum Gasteiger partial charge on any atom is 0.378 e. The number of thiazole rings is 1. The minimum Gasteiger partial charge on any atom is -0.446 e. The molecule has 138 valence electrons. The maximum absolute atomic E-state index is 12.8. The molecule has 2 aliphatic rings. The molecular formula is C19H17N3O4S. The number of nitriles is 1. The van der Waals surface area contributed by atoms with Crippen LogP contribution in [0.2, 0.25) is 0 Å². The van der Waals surface area contributed by atoms with E-state index in [1.807, 2.05) is 51.1 Å². The van der Waals surface area contributed by atoms with Crippen molar-refractivity contribution in [1.29, 1.82) is 5.26 Å². The number of oxime groups is 1. The molecule has 2 unspecified atom stereocenters. The summed E-state index contributed by atoms with van der Waals surface area (Å²) in [6, 6.07) is 9.35. The summed E-state index contributed by atoms with van der Waals surface area (Å²) in [6.45, 7) is 5.46. The molecule has 2 fully saturated rings. The van der Waals surface area contributed by atoms with Crippen LogP contribution in [0.3, 0.4) is 0 Å². The van der Waals surface area contributed by atoms with Crippen molar-refractivity contribution in [2.45, 2.75) is 39.2 Å². The smallest absolute Gasteiger partial charge is 0.378 e. The highest BCUT2D eigenvalue weighted by Gasteiger charge is 2.76. The Hall–Kier alpha value is -2.79. The number of carbonyl (C=O) groups is 2. The Morgan fingerprint density at radius 2 is 2.07 bits per heavy atom. The van der Waals surface area contributed by atoms with Gasteiger partial charge in [0.05, 0.1) is 15.6 Å². The van der Waals surface area contributed by atoms with E-state index in [0.29, 0.717) is 17.8 Å². The minimum atomic E-state index is -1.38. The van der Waals surface area contributed by atoms with E-state index >= 15 is 0 Å². The third-order valence-electron chi connectivity index (χ3n) is 6.24. The van der Waals surface area contributed by atoms with Gasteiger partial charge in [-0.05, 0) is 31.9 Å². The van der Waals surface area contributed by atoms with Gasteiger partial charge < -0.3 is 9.57 Å².